The van der Waals surface area contributed by atoms with E-state index in [1.807, 2.05) is 19.9 Å². The minimum Gasteiger partial charge on any atom is -0.465 e. The van der Waals surface area contributed by atoms with Crippen molar-refractivity contribution in [3.63, 3.8) is 0 Å². The van der Waals surface area contributed by atoms with Gasteiger partial charge in [0.25, 0.3) is 0 Å². The maximum atomic E-state index is 11.9. The van der Waals surface area contributed by atoms with Gasteiger partial charge in [-0.15, -0.1) is 0 Å². The number of alkyl halides is 3. The monoisotopic (exact) mass is 297 g/mol. The molecule has 1 aliphatic carbocycles. The molecule has 6 heteroatoms. The number of nitriles is 1. The standard InChI is InChI=1S/C11H14Cl3NO2/c1-4-17-8(16)10(6-15)7(9(10,2)3)5-11(12,13)14/h7H,4-5H2,1-3H3. The van der Waals surface area contributed by atoms with Gasteiger partial charge < -0.3 is 4.74 Å². The summed E-state index contributed by atoms with van der Waals surface area (Å²) in [5.74, 6) is -0.821. The molecule has 0 aromatic carbocycles. The van der Waals surface area contributed by atoms with E-state index in [1.165, 1.54) is 0 Å². The highest BCUT2D eigenvalue weighted by atomic mass is 35.6. The molecule has 96 valence electrons. The fourth-order valence-electron chi connectivity index (χ4n) is 2.43. The van der Waals surface area contributed by atoms with Crippen LogP contribution in [0, 0.1) is 28.1 Å². The van der Waals surface area contributed by atoms with E-state index in [2.05, 4.69) is 0 Å². The molecular weight excluding hydrogens is 284 g/mol. The first kappa shape index (κ1) is 14.9. The summed E-state index contributed by atoms with van der Waals surface area (Å²) in [5, 5.41) is 9.28. The molecule has 1 rings (SSSR count). The van der Waals surface area contributed by atoms with E-state index in [0.29, 0.717) is 0 Å². The van der Waals surface area contributed by atoms with Gasteiger partial charge in [0.2, 0.25) is 0 Å². The predicted octanol–water partition coefficient (Wildman–Crippen LogP) is 3.48. The van der Waals surface area contributed by atoms with E-state index >= 15 is 0 Å². The molecule has 2 unspecified atom stereocenters. The molecule has 0 spiro atoms. The first-order chi connectivity index (χ1) is 7.63. The number of carbonyl (C=O) groups excluding carboxylic acids is 1. The third-order valence-electron chi connectivity index (χ3n) is 3.54. The summed E-state index contributed by atoms with van der Waals surface area (Å²) < 4.78 is 3.48. The third-order valence-corrected chi connectivity index (χ3v) is 4.00. The SMILES string of the molecule is CCOC(=O)C1(C#N)C(CC(Cl)(Cl)Cl)C1(C)C. The Labute approximate surface area is 116 Å². The second kappa shape index (κ2) is 4.50. The Kier molecular flexibility index (Phi) is 3.94. The Morgan fingerprint density at radius 2 is 2.00 bits per heavy atom. The fourth-order valence-corrected chi connectivity index (χ4v) is 2.89. The summed E-state index contributed by atoms with van der Waals surface area (Å²) in [6.45, 7) is 5.56. The maximum Gasteiger partial charge on any atom is 0.327 e. The van der Waals surface area contributed by atoms with E-state index in [9.17, 15) is 10.1 Å². The number of hydrogen-bond donors (Lipinski definition) is 0. The van der Waals surface area contributed by atoms with Crippen molar-refractivity contribution in [2.75, 3.05) is 6.61 Å². The minimum absolute atomic E-state index is 0.164. The van der Waals surface area contributed by atoms with Gasteiger partial charge in [0.15, 0.2) is 9.21 Å². The van der Waals surface area contributed by atoms with Crippen molar-refractivity contribution in [1.29, 1.82) is 5.26 Å². The molecule has 0 heterocycles. The summed E-state index contributed by atoms with van der Waals surface area (Å²) in [7, 11) is 0. The number of hydrogen-bond acceptors (Lipinski definition) is 3. The Balaban J connectivity index is 2.96. The minimum atomic E-state index is -1.47. The molecule has 0 aromatic heterocycles. The number of esters is 1. The van der Waals surface area contributed by atoms with Crippen LogP contribution < -0.4 is 0 Å². The molecule has 0 radical (unpaired) electrons. The number of nitrogens with zero attached hydrogens (tertiary/aromatic N) is 1. The van der Waals surface area contributed by atoms with E-state index < -0.39 is 20.6 Å². The number of rotatable bonds is 3. The molecule has 17 heavy (non-hydrogen) atoms. The molecule has 0 aromatic rings. The lowest BCUT2D eigenvalue weighted by atomic mass is 9.98. The summed E-state index contributed by atoms with van der Waals surface area (Å²) in [6.07, 6.45) is 0.164. The van der Waals surface area contributed by atoms with Gasteiger partial charge in [-0.25, -0.2) is 0 Å². The van der Waals surface area contributed by atoms with Crippen molar-refractivity contribution in [3.05, 3.63) is 0 Å². The highest BCUT2D eigenvalue weighted by Crippen LogP contribution is 2.72. The molecule has 0 amide bonds. The fraction of sp³-hybridized carbons (Fsp3) is 0.818. The summed E-state index contributed by atoms with van der Waals surface area (Å²) in [6, 6.07) is 2.05. The van der Waals surface area contributed by atoms with E-state index in [1.54, 1.807) is 6.92 Å². The van der Waals surface area contributed by atoms with Gasteiger partial charge in [-0.05, 0) is 18.8 Å². The maximum absolute atomic E-state index is 11.9. The highest BCUT2D eigenvalue weighted by molar-refractivity contribution is 6.67. The molecule has 1 aliphatic rings. The smallest absolute Gasteiger partial charge is 0.327 e. The van der Waals surface area contributed by atoms with Crippen molar-refractivity contribution in [2.24, 2.45) is 16.7 Å². The number of halogens is 3. The van der Waals surface area contributed by atoms with Gasteiger partial charge >= 0.3 is 5.97 Å². The number of ether oxygens (including phenoxy) is 1. The van der Waals surface area contributed by atoms with E-state index in [-0.39, 0.29) is 18.9 Å². The van der Waals surface area contributed by atoms with Crippen LogP contribution in [0.1, 0.15) is 27.2 Å². The third kappa shape index (κ3) is 2.36. The van der Waals surface area contributed by atoms with Crippen LogP contribution in [0.4, 0.5) is 0 Å². The largest absolute Gasteiger partial charge is 0.465 e. The topological polar surface area (TPSA) is 50.1 Å². The Morgan fingerprint density at radius 3 is 2.35 bits per heavy atom. The lowest BCUT2D eigenvalue weighted by Crippen LogP contribution is -2.23. The van der Waals surface area contributed by atoms with E-state index in [0.717, 1.165) is 0 Å². The Bertz CT molecular complexity index is 370. The predicted molar refractivity (Wildman–Crippen MR) is 66.9 cm³/mol. The normalized spacial score (nSPS) is 30.5. The van der Waals surface area contributed by atoms with Gasteiger partial charge in [0.05, 0.1) is 12.7 Å². The second-order valence-corrected chi connectivity index (χ2v) is 7.25. The van der Waals surface area contributed by atoms with Gasteiger partial charge in [0, 0.05) is 5.92 Å². The average Bonchev–Trinajstić information content (AvgIpc) is 2.61. The first-order valence-electron chi connectivity index (χ1n) is 5.28. The molecule has 3 nitrogen and oxygen atoms in total. The van der Waals surface area contributed by atoms with Crippen LogP contribution in [-0.4, -0.2) is 16.4 Å². The van der Waals surface area contributed by atoms with Gasteiger partial charge in [-0.1, -0.05) is 48.7 Å². The van der Waals surface area contributed by atoms with Crippen LogP contribution >= 0.6 is 34.8 Å². The lowest BCUT2D eigenvalue weighted by molar-refractivity contribution is -0.148. The van der Waals surface area contributed by atoms with E-state index in [4.69, 9.17) is 39.5 Å². The zero-order chi connectivity index (χ0) is 13.5. The molecule has 0 saturated heterocycles. The van der Waals surface area contributed by atoms with Crippen LogP contribution in [0.5, 0.6) is 0 Å². The Hall–Kier alpha value is -0.170. The summed E-state index contributed by atoms with van der Waals surface area (Å²) >= 11 is 17.2. The van der Waals surface area contributed by atoms with Gasteiger partial charge in [-0.2, -0.15) is 5.26 Å². The van der Waals surface area contributed by atoms with Gasteiger partial charge in [0.1, 0.15) is 0 Å². The summed E-state index contributed by atoms with van der Waals surface area (Å²) in [5.41, 5.74) is -1.72. The molecule has 1 fully saturated rings. The van der Waals surface area contributed by atoms with Crippen LogP contribution in [0.25, 0.3) is 0 Å². The molecule has 0 N–H and O–H groups in total. The number of carbonyl (C=O) groups is 1. The van der Waals surface area contributed by atoms with Crippen LogP contribution in [-0.2, 0) is 9.53 Å². The second-order valence-electron chi connectivity index (χ2n) is 4.73. The zero-order valence-corrected chi connectivity index (χ0v) is 12.2. The molecule has 0 bridgehead atoms. The van der Waals surface area contributed by atoms with Gasteiger partial charge in [-0.3, -0.25) is 4.79 Å². The van der Waals surface area contributed by atoms with Crippen molar-refractivity contribution in [3.8, 4) is 6.07 Å². The Morgan fingerprint density at radius 1 is 1.47 bits per heavy atom. The van der Waals surface area contributed by atoms with Crippen LogP contribution in [0.2, 0.25) is 0 Å². The molecule has 1 saturated carbocycles. The van der Waals surface area contributed by atoms with Crippen molar-refractivity contribution < 1.29 is 9.53 Å². The van der Waals surface area contributed by atoms with Crippen molar-refractivity contribution in [2.45, 2.75) is 31.0 Å². The average molecular weight is 299 g/mol. The van der Waals surface area contributed by atoms with Crippen LogP contribution in [0.15, 0.2) is 0 Å². The molecule has 0 aliphatic heterocycles. The lowest BCUT2D eigenvalue weighted by Gasteiger charge is -2.12. The molecule has 2 atom stereocenters. The first-order valence-corrected chi connectivity index (χ1v) is 6.42. The van der Waals surface area contributed by atoms with Crippen molar-refractivity contribution in [1.82, 2.24) is 0 Å². The van der Waals surface area contributed by atoms with Crippen molar-refractivity contribution >= 4 is 40.8 Å². The quantitative estimate of drug-likeness (QED) is 0.592. The highest BCUT2D eigenvalue weighted by Gasteiger charge is 2.78. The molecular formula is C11H14Cl3NO2. The van der Waals surface area contributed by atoms with Crippen LogP contribution in [0.3, 0.4) is 0 Å². The summed E-state index contributed by atoms with van der Waals surface area (Å²) in [4.78, 5) is 11.9. The zero-order valence-electron chi connectivity index (χ0n) is 9.89.